The Balaban J connectivity index is 2.37. The fraction of sp³-hybridized carbons (Fsp3) is 0.538. The van der Waals surface area contributed by atoms with Crippen LogP contribution in [0.5, 0.6) is 0 Å². The normalized spacial score (nSPS) is 20.0. The third-order valence-electron chi connectivity index (χ3n) is 3.78. The van der Waals surface area contributed by atoms with Gasteiger partial charge in [0.15, 0.2) is 0 Å². The minimum absolute atomic E-state index is 0.143. The summed E-state index contributed by atoms with van der Waals surface area (Å²) >= 11 is 5.91. The molecule has 0 unspecified atom stereocenters. The lowest BCUT2D eigenvalue weighted by atomic mass is 9.95. The monoisotopic (exact) mass is 318 g/mol. The van der Waals surface area contributed by atoms with E-state index in [4.69, 9.17) is 17.3 Å². The molecule has 7 heteroatoms. The van der Waals surface area contributed by atoms with Crippen LogP contribution in [0.15, 0.2) is 17.0 Å². The first-order chi connectivity index (χ1) is 9.13. The molecule has 0 bridgehead atoms. The van der Waals surface area contributed by atoms with E-state index in [0.29, 0.717) is 42.2 Å². The molecule has 0 aliphatic carbocycles. The molecule has 0 spiro atoms. The van der Waals surface area contributed by atoms with E-state index in [1.54, 1.807) is 13.8 Å². The molecular formula is C13H19ClN2O3S. The van der Waals surface area contributed by atoms with E-state index < -0.39 is 15.6 Å². The number of benzene rings is 1. The van der Waals surface area contributed by atoms with E-state index in [9.17, 15) is 13.5 Å². The van der Waals surface area contributed by atoms with Gasteiger partial charge in [0, 0.05) is 23.8 Å². The topological polar surface area (TPSA) is 83.6 Å². The van der Waals surface area contributed by atoms with Gasteiger partial charge in [0.2, 0.25) is 10.0 Å². The average Bonchev–Trinajstić information content (AvgIpc) is 2.33. The van der Waals surface area contributed by atoms with Gasteiger partial charge in [-0.25, -0.2) is 8.42 Å². The summed E-state index contributed by atoms with van der Waals surface area (Å²) in [5.74, 6) is 0. The lowest BCUT2D eigenvalue weighted by Gasteiger charge is -2.35. The zero-order valence-corrected chi connectivity index (χ0v) is 13.1. The Labute approximate surface area is 124 Å². The molecule has 3 N–H and O–H groups in total. The van der Waals surface area contributed by atoms with Crippen molar-refractivity contribution >= 4 is 27.3 Å². The molecule has 0 radical (unpaired) electrons. The summed E-state index contributed by atoms with van der Waals surface area (Å²) < 4.78 is 26.7. The molecule has 5 nitrogen and oxygen atoms in total. The number of nitrogens with zero attached hydrogens (tertiary/aromatic N) is 1. The lowest BCUT2D eigenvalue weighted by Crippen LogP contribution is -2.45. The first-order valence-corrected chi connectivity index (χ1v) is 8.23. The molecule has 112 valence electrons. The summed E-state index contributed by atoms with van der Waals surface area (Å²) in [5.41, 5.74) is 5.85. The van der Waals surface area contributed by atoms with Crippen molar-refractivity contribution in [1.29, 1.82) is 0 Å². The number of hydrogen-bond donors (Lipinski definition) is 2. The smallest absolute Gasteiger partial charge is 0.243 e. The quantitative estimate of drug-likeness (QED) is 0.814. The maximum atomic E-state index is 12.7. The predicted molar refractivity (Wildman–Crippen MR) is 79.2 cm³/mol. The summed E-state index contributed by atoms with van der Waals surface area (Å²) in [7, 11) is -3.63. The Hall–Kier alpha value is -0.820. The minimum Gasteiger partial charge on any atom is -0.398 e. The van der Waals surface area contributed by atoms with Gasteiger partial charge in [0.05, 0.1) is 10.5 Å². The molecule has 0 aromatic heterocycles. The van der Waals surface area contributed by atoms with Crippen LogP contribution in [0, 0.1) is 6.92 Å². The van der Waals surface area contributed by atoms with Crippen LogP contribution < -0.4 is 5.73 Å². The van der Waals surface area contributed by atoms with Crippen molar-refractivity contribution in [1.82, 2.24) is 4.31 Å². The number of piperidine rings is 1. The Bertz CT molecular complexity index is 619. The highest BCUT2D eigenvalue weighted by Crippen LogP contribution is 2.31. The van der Waals surface area contributed by atoms with Crippen LogP contribution in [0.1, 0.15) is 25.3 Å². The minimum atomic E-state index is -3.63. The highest BCUT2D eigenvalue weighted by molar-refractivity contribution is 7.89. The van der Waals surface area contributed by atoms with Gasteiger partial charge >= 0.3 is 0 Å². The molecule has 0 atom stereocenters. The van der Waals surface area contributed by atoms with Crippen LogP contribution >= 0.6 is 11.6 Å². The van der Waals surface area contributed by atoms with Gasteiger partial charge < -0.3 is 10.8 Å². The molecule has 0 saturated carbocycles. The van der Waals surface area contributed by atoms with Crippen molar-refractivity contribution in [2.75, 3.05) is 18.8 Å². The number of sulfonamides is 1. The second kappa shape index (κ2) is 5.18. The Morgan fingerprint density at radius 1 is 1.35 bits per heavy atom. The molecule has 1 aromatic carbocycles. The molecule has 1 heterocycles. The zero-order valence-electron chi connectivity index (χ0n) is 11.6. The molecular weight excluding hydrogens is 300 g/mol. The molecule has 1 aromatic rings. The van der Waals surface area contributed by atoms with Crippen molar-refractivity contribution in [2.45, 2.75) is 37.2 Å². The summed E-state index contributed by atoms with van der Waals surface area (Å²) in [6, 6.07) is 2.96. The SMILES string of the molecule is Cc1c(N)cc(Cl)cc1S(=O)(=O)N1CCC(C)(O)CC1. The largest absolute Gasteiger partial charge is 0.398 e. The molecule has 2 rings (SSSR count). The molecule has 1 saturated heterocycles. The van der Waals surface area contributed by atoms with Crippen molar-refractivity contribution < 1.29 is 13.5 Å². The van der Waals surface area contributed by atoms with Crippen LogP contribution in [0.3, 0.4) is 0 Å². The van der Waals surface area contributed by atoms with E-state index in [2.05, 4.69) is 0 Å². The van der Waals surface area contributed by atoms with Crippen molar-refractivity contribution in [3.63, 3.8) is 0 Å². The zero-order chi connectivity index (χ0) is 15.1. The number of halogens is 1. The molecule has 0 amide bonds. The standard InChI is InChI=1S/C13H19ClN2O3S/c1-9-11(15)7-10(14)8-12(9)20(18,19)16-5-3-13(2,17)4-6-16/h7-8,17H,3-6,15H2,1-2H3. The van der Waals surface area contributed by atoms with E-state index in [-0.39, 0.29) is 4.90 Å². The third-order valence-corrected chi connectivity index (χ3v) is 6.03. The Morgan fingerprint density at radius 3 is 2.45 bits per heavy atom. The number of anilines is 1. The maximum absolute atomic E-state index is 12.7. The van der Waals surface area contributed by atoms with Crippen molar-refractivity contribution in [3.8, 4) is 0 Å². The van der Waals surface area contributed by atoms with Crippen LogP contribution in [0.2, 0.25) is 5.02 Å². The number of nitrogen functional groups attached to an aromatic ring is 1. The summed E-state index contributed by atoms with van der Waals surface area (Å²) in [5, 5.41) is 10.2. The van der Waals surface area contributed by atoms with Crippen molar-refractivity contribution in [3.05, 3.63) is 22.7 Å². The fourth-order valence-corrected chi connectivity index (χ4v) is 4.30. The number of hydrogen-bond acceptors (Lipinski definition) is 4. The molecule has 1 aliphatic heterocycles. The summed E-state index contributed by atoms with van der Waals surface area (Å²) in [6.45, 7) is 3.97. The van der Waals surface area contributed by atoms with Gasteiger partial charge in [0.25, 0.3) is 0 Å². The Morgan fingerprint density at radius 2 is 1.90 bits per heavy atom. The lowest BCUT2D eigenvalue weighted by molar-refractivity contribution is 0.0126. The van der Waals surface area contributed by atoms with Crippen LogP contribution in [0.25, 0.3) is 0 Å². The molecule has 20 heavy (non-hydrogen) atoms. The van der Waals surface area contributed by atoms with E-state index in [1.165, 1.54) is 16.4 Å². The van der Waals surface area contributed by atoms with Gasteiger partial charge in [-0.05, 0) is 44.4 Å². The summed E-state index contributed by atoms with van der Waals surface area (Å²) in [4.78, 5) is 0.143. The van der Waals surface area contributed by atoms with E-state index in [0.717, 1.165) is 0 Å². The van der Waals surface area contributed by atoms with Gasteiger partial charge in [-0.2, -0.15) is 4.31 Å². The van der Waals surface area contributed by atoms with Crippen LogP contribution in [-0.2, 0) is 10.0 Å². The molecule has 1 fully saturated rings. The van der Waals surface area contributed by atoms with E-state index in [1.807, 2.05) is 0 Å². The van der Waals surface area contributed by atoms with Crippen LogP contribution in [0.4, 0.5) is 5.69 Å². The van der Waals surface area contributed by atoms with Crippen LogP contribution in [-0.4, -0.2) is 36.5 Å². The predicted octanol–water partition coefficient (Wildman–Crippen LogP) is 1.77. The van der Waals surface area contributed by atoms with Gasteiger partial charge in [0.1, 0.15) is 0 Å². The summed E-state index contributed by atoms with van der Waals surface area (Å²) in [6.07, 6.45) is 0.836. The number of rotatable bonds is 2. The van der Waals surface area contributed by atoms with Gasteiger partial charge in [-0.15, -0.1) is 0 Å². The first-order valence-electron chi connectivity index (χ1n) is 6.42. The third kappa shape index (κ3) is 2.93. The van der Waals surface area contributed by atoms with Gasteiger partial charge in [-0.3, -0.25) is 0 Å². The van der Waals surface area contributed by atoms with Gasteiger partial charge in [-0.1, -0.05) is 11.6 Å². The second-order valence-corrected chi connectivity index (χ2v) is 7.86. The van der Waals surface area contributed by atoms with E-state index >= 15 is 0 Å². The average molecular weight is 319 g/mol. The Kier molecular flexibility index (Phi) is 4.03. The highest BCUT2D eigenvalue weighted by Gasteiger charge is 2.34. The second-order valence-electron chi connectivity index (χ2n) is 5.52. The highest BCUT2D eigenvalue weighted by atomic mass is 35.5. The molecule has 1 aliphatic rings. The number of nitrogens with two attached hydrogens (primary N) is 1. The first kappa shape index (κ1) is 15.6. The number of aliphatic hydroxyl groups is 1. The fourth-order valence-electron chi connectivity index (χ4n) is 2.29. The maximum Gasteiger partial charge on any atom is 0.243 e. The van der Waals surface area contributed by atoms with Crippen molar-refractivity contribution in [2.24, 2.45) is 0 Å².